The van der Waals surface area contributed by atoms with E-state index in [2.05, 4.69) is 15.9 Å². The average molecular weight is 275 g/mol. The van der Waals surface area contributed by atoms with Crippen LogP contribution in [0.2, 0.25) is 0 Å². The van der Waals surface area contributed by atoms with E-state index in [9.17, 15) is 4.79 Å². The minimum Gasteiger partial charge on any atom is -0.398 e. The third-order valence-electron chi connectivity index (χ3n) is 2.08. The van der Waals surface area contributed by atoms with E-state index in [1.54, 1.807) is 23.8 Å². The van der Waals surface area contributed by atoms with Crippen LogP contribution in [-0.2, 0) is 6.54 Å². The van der Waals surface area contributed by atoms with Crippen molar-refractivity contribution in [2.45, 2.75) is 32.4 Å². The van der Waals surface area contributed by atoms with Crippen molar-refractivity contribution in [3.8, 4) is 0 Å². The molecule has 5 heteroatoms. The topological polar surface area (TPSA) is 68.2 Å². The lowest BCUT2D eigenvalue weighted by molar-refractivity contribution is 0.179. The lowest BCUT2D eigenvalue weighted by Crippen LogP contribution is -2.21. The Kier molecular flexibility index (Phi) is 4.35. The van der Waals surface area contributed by atoms with E-state index in [-0.39, 0.29) is 11.7 Å². The first-order valence-electron chi connectivity index (χ1n) is 4.84. The summed E-state index contributed by atoms with van der Waals surface area (Å²) in [6, 6.07) is 1.59. The number of hydrogen-bond donors (Lipinski definition) is 2. The molecule has 3 N–H and O–H groups in total. The highest BCUT2D eigenvalue weighted by Crippen LogP contribution is 2.09. The molecule has 0 aliphatic heterocycles. The minimum atomic E-state index is -0.329. The molecule has 1 aromatic heterocycles. The van der Waals surface area contributed by atoms with Gasteiger partial charge in [-0.15, -0.1) is 0 Å². The molecule has 0 bridgehead atoms. The summed E-state index contributed by atoms with van der Waals surface area (Å²) in [6.45, 7) is 2.31. The number of aliphatic hydroxyl groups is 1. The van der Waals surface area contributed by atoms with Gasteiger partial charge in [-0.2, -0.15) is 0 Å². The Morgan fingerprint density at radius 3 is 2.93 bits per heavy atom. The van der Waals surface area contributed by atoms with Crippen molar-refractivity contribution in [3.63, 3.8) is 0 Å². The first-order chi connectivity index (χ1) is 7.00. The third-order valence-corrected chi connectivity index (χ3v) is 2.65. The molecule has 0 aliphatic carbocycles. The molecule has 1 unspecified atom stereocenters. The number of nitrogen functional groups attached to an aromatic ring is 1. The Labute approximate surface area is 96.8 Å². The molecule has 0 radical (unpaired) electrons. The lowest BCUT2D eigenvalue weighted by Gasteiger charge is -2.08. The Morgan fingerprint density at radius 1 is 1.67 bits per heavy atom. The van der Waals surface area contributed by atoms with Crippen LogP contribution >= 0.6 is 15.9 Å². The largest absolute Gasteiger partial charge is 0.398 e. The third kappa shape index (κ3) is 3.68. The average Bonchev–Trinajstić information content (AvgIpc) is 2.12. The van der Waals surface area contributed by atoms with Gasteiger partial charge in [-0.05, 0) is 41.8 Å². The van der Waals surface area contributed by atoms with Crippen molar-refractivity contribution in [2.24, 2.45) is 0 Å². The zero-order valence-electron chi connectivity index (χ0n) is 8.61. The van der Waals surface area contributed by atoms with Crippen LogP contribution in [0.25, 0.3) is 0 Å². The van der Waals surface area contributed by atoms with Gasteiger partial charge in [0.1, 0.15) is 0 Å². The standard InChI is InChI=1S/C10H15BrN2O2/c1-7(14)3-2-4-13-6-8(12)5-9(11)10(13)15/h5-7,14H,2-4,12H2,1H3. The van der Waals surface area contributed by atoms with Gasteiger partial charge in [0, 0.05) is 18.4 Å². The molecule has 0 aromatic carbocycles. The van der Waals surface area contributed by atoms with E-state index in [0.29, 0.717) is 23.1 Å². The molecule has 4 nitrogen and oxygen atoms in total. The van der Waals surface area contributed by atoms with Gasteiger partial charge in [0.15, 0.2) is 0 Å². The second-order valence-corrected chi connectivity index (χ2v) is 4.47. The van der Waals surface area contributed by atoms with Gasteiger partial charge >= 0.3 is 0 Å². The zero-order chi connectivity index (χ0) is 11.4. The highest BCUT2D eigenvalue weighted by atomic mass is 79.9. The van der Waals surface area contributed by atoms with E-state index >= 15 is 0 Å². The van der Waals surface area contributed by atoms with Gasteiger partial charge in [-0.25, -0.2) is 0 Å². The predicted octanol–water partition coefficient (Wildman–Crippen LogP) is 1.35. The number of rotatable bonds is 4. The van der Waals surface area contributed by atoms with Crippen molar-refractivity contribution < 1.29 is 5.11 Å². The number of pyridine rings is 1. The molecule has 0 saturated carbocycles. The molecule has 0 fully saturated rings. The van der Waals surface area contributed by atoms with Crippen LogP contribution in [0.5, 0.6) is 0 Å². The SMILES string of the molecule is CC(O)CCCn1cc(N)cc(Br)c1=O. The van der Waals surface area contributed by atoms with Gasteiger partial charge in [0.25, 0.3) is 5.56 Å². The summed E-state index contributed by atoms with van der Waals surface area (Å²) in [7, 11) is 0. The van der Waals surface area contributed by atoms with Crippen LogP contribution in [-0.4, -0.2) is 15.8 Å². The van der Waals surface area contributed by atoms with Gasteiger partial charge < -0.3 is 15.4 Å². The first kappa shape index (κ1) is 12.3. The Bertz CT molecular complexity index is 387. The molecular weight excluding hydrogens is 260 g/mol. The molecule has 1 rings (SSSR count). The number of halogens is 1. The van der Waals surface area contributed by atoms with Crippen molar-refractivity contribution >= 4 is 21.6 Å². The number of hydrogen-bond acceptors (Lipinski definition) is 3. The first-order valence-corrected chi connectivity index (χ1v) is 5.63. The molecule has 0 spiro atoms. The van der Waals surface area contributed by atoms with Crippen LogP contribution in [0.1, 0.15) is 19.8 Å². The van der Waals surface area contributed by atoms with Crippen molar-refractivity contribution in [1.29, 1.82) is 0 Å². The molecule has 1 atom stereocenters. The maximum absolute atomic E-state index is 11.6. The van der Waals surface area contributed by atoms with Crippen molar-refractivity contribution in [3.05, 3.63) is 27.1 Å². The van der Waals surface area contributed by atoms with E-state index in [4.69, 9.17) is 10.8 Å². The molecule has 1 aromatic rings. The molecule has 0 amide bonds. The van der Waals surface area contributed by atoms with Crippen LogP contribution in [0.3, 0.4) is 0 Å². The summed E-state index contributed by atoms with van der Waals surface area (Å²) < 4.78 is 2.03. The number of nitrogens with zero attached hydrogens (tertiary/aromatic N) is 1. The summed E-state index contributed by atoms with van der Waals surface area (Å²) in [5.41, 5.74) is 6.09. The van der Waals surface area contributed by atoms with E-state index in [0.717, 1.165) is 6.42 Å². The van der Waals surface area contributed by atoms with E-state index in [1.807, 2.05) is 0 Å². The quantitative estimate of drug-likeness (QED) is 0.871. The second kappa shape index (κ2) is 5.32. The molecule has 0 saturated heterocycles. The molecule has 0 aliphatic rings. The fraction of sp³-hybridized carbons (Fsp3) is 0.500. The van der Waals surface area contributed by atoms with Crippen LogP contribution in [0, 0.1) is 0 Å². The normalized spacial score (nSPS) is 12.7. The number of aromatic nitrogens is 1. The zero-order valence-corrected chi connectivity index (χ0v) is 10.2. The minimum absolute atomic E-state index is 0.0882. The number of aryl methyl sites for hydroxylation is 1. The Hall–Kier alpha value is -0.810. The summed E-state index contributed by atoms with van der Waals surface area (Å²) in [5, 5.41) is 9.09. The molecule has 84 valence electrons. The highest BCUT2D eigenvalue weighted by Gasteiger charge is 2.03. The fourth-order valence-corrected chi connectivity index (χ4v) is 1.84. The maximum Gasteiger partial charge on any atom is 0.264 e. The highest BCUT2D eigenvalue weighted by molar-refractivity contribution is 9.10. The smallest absolute Gasteiger partial charge is 0.264 e. The molecular formula is C10H15BrN2O2. The van der Waals surface area contributed by atoms with Gasteiger partial charge in [-0.3, -0.25) is 4.79 Å². The monoisotopic (exact) mass is 274 g/mol. The molecule has 1 heterocycles. The fourth-order valence-electron chi connectivity index (χ4n) is 1.34. The summed E-state index contributed by atoms with van der Waals surface area (Å²) in [6.07, 6.45) is 2.73. The van der Waals surface area contributed by atoms with Crippen molar-refractivity contribution in [2.75, 3.05) is 5.73 Å². The van der Waals surface area contributed by atoms with Crippen LogP contribution in [0.15, 0.2) is 21.5 Å². The summed E-state index contributed by atoms with van der Waals surface area (Å²) in [5.74, 6) is 0. The lowest BCUT2D eigenvalue weighted by atomic mass is 10.2. The summed E-state index contributed by atoms with van der Waals surface area (Å²) >= 11 is 3.15. The van der Waals surface area contributed by atoms with Gasteiger partial charge in [0.2, 0.25) is 0 Å². The molecule has 15 heavy (non-hydrogen) atoms. The van der Waals surface area contributed by atoms with E-state index in [1.165, 1.54) is 0 Å². The van der Waals surface area contributed by atoms with Gasteiger partial charge in [-0.1, -0.05) is 0 Å². The Balaban J connectivity index is 2.73. The number of aliphatic hydroxyl groups excluding tert-OH is 1. The van der Waals surface area contributed by atoms with Crippen LogP contribution in [0.4, 0.5) is 5.69 Å². The summed E-state index contributed by atoms with van der Waals surface area (Å²) in [4.78, 5) is 11.6. The number of nitrogens with two attached hydrogens (primary N) is 1. The van der Waals surface area contributed by atoms with E-state index < -0.39 is 0 Å². The van der Waals surface area contributed by atoms with Crippen LogP contribution < -0.4 is 11.3 Å². The second-order valence-electron chi connectivity index (χ2n) is 3.61. The van der Waals surface area contributed by atoms with Gasteiger partial charge in [0.05, 0.1) is 10.6 Å². The predicted molar refractivity (Wildman–Crippen MR) is 63.7 cm³/mol. The number of anilines is 1. The Morgan fingerprint density at radius 2 is 2.33 bits per heavy atom. The maximum atomic E-state index is 11.6. The van der Waals surface area contributed by atoms with Crippen molar-refractivity contribution in [1.82, 2.24) is 4.57 Å².